The summed E-state index contributed by atoms with van der Waals surface area (Å²) in [6.45, 7) is -0.511. The van der Waals surface area contributed by atoms with Gasteiger partial charge in [0.2, 0.25) is 0 Å². The number of aromatic nitrogens is 1. The monoisotopic (exact) mass is 362 g/mol. The first-order valence-corrected chi connectivity index (χ1v) is 6.10. The second-order valence-corrected chi connectivity index (χ2v) is 4.80. The zero-order chi connectivity index (χ0) is 12.4. The molecule has 0 unspecified atom stereocenters. The molecule has 0 bridgehead atoms. The highest BCUT2D eigenvalue weighted by Crippen LogP contribution is 2.34. The molecule has 0 aliphatic carbocycles. The molecule has 6 heteroatoms. The van der Waals surface area contributed by atoms with Gasteiger partial charge in [-0.05, 0) is 40.8 Å². The summed E-state index contributed by atoms with van der Waals surface area (Å²) in [6.07, 6.45) is 1.60. The van der Waals surface area contributed by atoms with E-state index in [9.17, 15) is 9.90 Å². The zero-order valence-electron chi connectivity index (χ0n) is 8.44. The number of fused-ring (bicyclic) bond motifs is 1. The van der Waals surface area contributed by atoms with Gasteiger partial charge in [0.15, 0.2) is 5.75 Å². The second kappa shape index (κ2) is 5.05. The van der Waals surface area contributed by atoms with Crippen LogP contribution in [-0.4, -0.2) is 17.6 Å². The van der Waals surface area contributed by atoms with Crippen LogP contribution in [0, 0.1) is 3.57 Å². The number of benzene rings is 1. The van der Waals surface area contributed by atoms with E-state index in [4.69, 9.17) is 16.3 Å². The Kier molecular flexibility index (Phi) is 3.68. The molecule has 1 aromatic carbocycles. The average molecular weight is 363 g/mol. The minimum atomic E-state index is -1.28. The molecule has 0 saturated heterocycles. The minimum Gasteiger partial charge on any atom is -0.546 e. The number of aliphatic carboxylic acids is 1. The van der Waals surface area contributed by atoms with E-state index in [0.717, 1.165) is 5.39 Å². The molecule has 0 aliphatic heterocycles. The third kappa shape index (κ3) is 2.61. The summed E-state index contributed by atoms with van der Waals surface area (Å²) in [5.74, 6) is -0.866. The summed E-state index contributed by atoms with van der Waals surface area (Å²) in [4.78, 5) is 14.6. The third-order valence-corrected chi connectivity index (χ3v) is 3.20. The van der Waals surface area contributed by atoms with E-state index >= 15 is 0 Å². The lowest BCUT2D eigenvalue weighted by molar-refractivity contribution is -0.307. The fourth-order valence-electron chi connectivity index (χ4n) is 1.42. The van der Waals surface area contributed by atoms with Gasteiger partial charge in [-0.1, -0.05) is 11.6 Å². The molecule has 1 heterocycles. The molecule has 0 N–H and O–H groups in total. The summed E-state index contributed by atoms with van der Waals surface area (Å²) in [6, 6.07) is 5.26. The molecule has 0 fully saturated rings. The molecule has 88 valence electrons. The van der Waals surface area contributed by atoms with Crippen LogP contribution in [0.3, 0.4) is 0 Å². The van der Waals surface area contributed by atoms with Crippen molar-refractivity contribution in [3.63, 3.8) is 0 Å². The van der Waals surface area contributed by atoms with Gasteiger partial charge in [-0.15, -0.1) is 0 Å². The van der Waals surface area contributed by atoms with E-state index in [2.05, 4.69) is 4.98 Å². The van der Waals surface area contributed by atoms with Gasteiger partial charge in [0, 0.05) is 11.6 Å². The van der Waals surface area contributed by atoms with Crippen molar-refractivity contribution in [2.24, 2.45) is 0 Å². The molecule has 0 amide bonds. The average Bonchev–Trinajstić information content (AvgIpc) is 2.28. The van der Waals surface area contributed by atoms with Crippen molar-refractivity contribution in [3.05, 3.63) is 33.0 Å². The molecular weight excluding hydrogens is 356 g/mol. The van der Waals surface area contributed by atoms with Crippen LogP contribution in [-0.2, 0) is 4.79 Å². The highest BCUT2D eigenvalue weighted by molar-refractivity contribution is 14.1. The quantitative estimate of drug-likeness (QED) is 0.779. The van der Waals surface area contributed by atoms with Crippen molar-refractivity contribution in [2.75, 3.05) is 6.61 Å². The Morgan fingerprint density at radius 1 is 1.59 bits per heavy atom. The van der Waals surface area contributed by atoms with Gasteiger partial charge in [-0.2, -0.15) is 0 Å². The smallest absolute Gasteiger partial charge is 0.159 e. The van der Waals surface area contributed by atoms with E-state index in [0.29, 0.717) is 19.9 Å². The number of hydrogen-bond acceptors (Lipinski definition) is 4. The molecule has 0 aliphatic rings. The van der Waals surface area contributed by atoms with E-state index < -0.39 is 12.6 Å². The van der Waals surface area contributed by atoms with Crippen LogP contribution in [0.15, 0.2) is 24.4 Å². The van der Waals surface area contributed by atoms with Gasteiger partial charge in [0.05, 0.1) is 14.6 Å². The lowest BCUT2D eigenvalue weighted by atomic mass is 10.2. The molecule has 4 nitrogen and oxygen atoms in total. The first-order valence-electron chi connectivity index (χ1n) is 4.65. The molecule has 1 aromatic heterocycles. The van der Waals surface area contributed by atoms with Crippen molar-refractivity contribution >= 4 is 51.1 Å². The van der Waals surface area contributed by atoms with Gasteiger partial charge in [0.25, 0.3) is 0 Å². The van der Waals surface area contributed by atoms with Crippen molar-refractivity contribution < 1.29 is 14.6 Å². The maximum Gasteiger partial charge on any atom is 0.159 e. The lowest BCUT2D eigenvalue weighted by Crippen LogP contribution is -2.29. The molecule has 0 radical (unpaired) electrons. The van der Waals surface area contributed by atoms with Gasteiger partial charge in [0.1, 0.15) is 12.1 Å². The van der Waals surface area contributed by atoms with Gasteiger partial charge >= 0.3 is 0 Å². The Bertz CT molecular complexity index is 588. The molecule has 0 spiro atoms. The van der Waals surface area contributed by atoms with Crippen LogP contribution >= 0.6 is 34.2 Å². The summed E-state index contributed by atoms with van der Waals surface area (Å²) >= 11 is 8.09. The number of rotatable bonds is 3. The Labute approximate surface area is 116 Å². The Morgan fingerprint density at radius 3 is 3.06 bits per heavy atom. The van der Waals surface area contributed by atoms with E-state index in [1.165, 1.54) is 0 Å². The number of carboxylic acids is 1. The SMILES string of the molecule is O=C([O-])COc1c(I)cc(Cl)c2cccnc12. The third-order valence-electron chi connectivity index (χ3n) is 2.08. The molecule has 17 heavy (non-hydrogen) atoms. The minimum absolute atomic E-state index is 0.412. The maximum absolute atomic E-state index is 10.4. The fraction of sp³-hybridized carbons (Fsp3) is 0.0909. The van der Waals surface area contributed by atoms with Gasteiger partial charge < -0.3 is 14.6 Å². The first-order chi connectivity index (χ1) is 8.09. The lowest BCUT2D eigenvalue weighted by Gasteiger charge is -2.12. The molecule has 0 atom stereocenters. The predicted octanol–water partition coefficient (Wildman–Crippen LogP) is 1.62. The number of ether oxygens (including phenoxy) is 1. The largest absolute Gasteiger partial charge is 0.546 e. The Balaban J connectivity index is 2.57. The van der Waals surface area contributed by atoms with Crippen LogP contribution in [0.1, 0.15) is 0 Å². The van der Waals surface area contributed by atoms with E-state index in [1.807, 2.05) is 22.6 Å². The van der Waals surface area contributed by atoms with Crippen LogP contribution in [0.5, 0.6) is 5.75 Å². The number of carbonyl (C=O) groups is 1. The van der Waals surface area contributed by atoms with Crippen LogP contribution in [0.2, 0.25) is 5.02 Å². The van der Waals surface area contributed by atoms with Crippen molar-refractivity contribution in [1.82, 2.24) is 4.98 Å². The topological polar surface area (TPSA) is 62.2 Å². The summed E-state index contributed by atoms with van der Waals surface area (Å²) < 4.78 is 5.88. The number of halogens is 2. The Hall–Kier alpha value is -1.08. The van der Waals surface area contributed by atoms with Crippen molar-refractivity contribution in [2.45, 2.75) is 0 Å². The molecule has 2 rings (SSSR count). The second-order valence-electron chi connectivity index (χ2n) is 3.23. The molecular formula is C11H6ClINO3-. The number of carbonyl (C=O) groups excluding carboxylic acids is 1. The molecule has 0 saturated carbocycles. The van der Waals surface area contributed by atoms with Crippen LogP contribution < -0.4 is 9.84 Å². The number of pyridine rings is 1. The zero-order valence-corrected chi connectivity index (χ0v) is 11.4. The van der Waals surface area contributed by atoms with Crippen LogP contribution in [0.25, 0.3) is 10.9 Å². The summed E-state index contributed by atoms with van der Waals surface area (Å²) in [7, 11) is 0. The number of carboxylic acid groups (broad SMARTS) is 1. The maximum atomic E-state index is 10.4. The standard InChI is InChI=1S/C11H7ClINO3/c12-7-4-8(13)11(17-5-9(15)16)10-6(7)2-1-3-14-10/h1-4H,5H2,(H,15,16)/p-1. The fourth-order valence-corrected chi connectivity index (χ4v) is 2.58. The van der Waals surface area contributed by atoms with Crippen molar-refractivity contribution in [3.8, 4) is 5.75 Å². The predicted molar refractivity (Wildman–Crippen MR) is 70.0 cm³/mol. The van der Waals surface area contributed by atoms with E-state index in [1.54, 1.807) is 24.4 Å². The summed E-state index contributed by atoms with van der Waals surface area (Å²) in [5, 5.41) is 11.7. The van der Waals surface area contributed by atoms with Crippen LogP contribution in [0.4, 0.5) is 0 Å². The van der Waals surface area contributed by atoms with E-state index in [-0.39, 0.29) is 0 Å². The van der Waals surface area contributed by atoms with Crippen molar-refractivity contribution in [1.29, 1.82) is 0 Å². The highest BCUT2D eigenvalue weighted by atomic mass is 127. The van der Waals surface area contributed by atoms with Gasteiger partial charge in [-0.3, -0.25) is 4.98 Å². The number of hydrogen-bond donors (Lipinski definition) is 0. The molecule has 2 aromatic rings. The van der Waals surface area contributed by atoms with Gasteiger partial charge in [-0.25, -0.2) is 0 Å². The normalized spacial score (nSPS) is 10.5. The summed E-state index contributed by atoms with van der Waals surface area (Å²) in [5.41, 5.74) is 0.547. The Morgan fingerprint density at radius 2 is 2.35 bits per heavy atom. The first kappa shape index (κ1) is 12.4. The highest BCUT2D eigenvalue weighted by Gasteiger charge is 2.11. The number of nitrogens with zero attached hydrogens (tertiary/aromatic N) is 1.